The van der Waals surface area contributed by atoms with Crippen LogP contribution >= 0.6 is 0 Å². The van der Waals surface area contributed by atoms with Gasteiger partial charge in [-0.1, -0.05) is 32.9 Å². The molecule has 1 saturated heterocycles. The van der Waals surface area contributed by atoms with Crippen LogP contribution in [0.5, 0.6) is 0 Å². The van der Waals surface area contributed by atoms with E-state index in [2.05, 4.69) is 49.9 Å². The lowest BCUT2D eigenvalue weighted by Gasteiger charge is -2.30. The molecule has 1 unspecified atom stereocenters. The Bertz CT molecular complexity index is 369. The summed E-state index contributed by atoms with van der Waals surface area (Å²) in [6, 6.07) is 9.75. The molecule has 0 bridgehead atoms. The second kappa shape index (κ2) is 5.75. The molecule has 1 heterocycles. The van der Waals surface area contributed by atoms with Crippen LogP contribution in [0.15, 0.2) is 24.3 Å². The Morgan fingerprint density at radius 3 is 2.50 bits per heavy atom. The summed E-state index contributed by atoms with van der Waals surface area (Å²) in [5.41, 5.74) is 8.67. The van der Waals surface area contributed by atoms with Crippen molar-refractivity contribution in [1.29, 1.82) is 0 Å². The molecule has 0 amide bonds. The Hall–Kier alpha value is -1.02. The van der Waals surface area contributed by atoms with Crippen molar-refractivity contribution in [1.82, 2.24) is 0 Å². The van der Waals surface area contributed by atoms with Gasteiger partial charge in [0.25, 0.3) is 0 Å². The number of hydrogen-bond acceptors (Lipinski definition) is 2. The van der Waals surface area contributed by atoms with Crippen molar-refractivity contribution < 1.29 is 0 Å². The third-order valence-corrected chi connectivity index (χ3v) is 4.16. The Morgan fingerprint density at radius 1 is 1.28 bits per heavy atom. The van der Waals surface area contributed by atoms with Crippen LogP contribution in [0.1, 0.15) is 51.6 Å². The Kier molecular flexibility index (Phi) is 4.28. The monoisotopic (exact) mass is 246 g/mol. The molecule has 1 aromatic carbocycles. The summed E-state index contributed by atoms with van der Waals surface area (Å²) < 4.78 is 0. The summed E-state index contributed by atoms with van der Waals surface area (Å²) in [5, 5.41) is 0. The van der Waals surface area contributed by atoms with Gasteiger partial charge in [-0.25, -0.2) is 0 Å². The van der Waals surface area contributed by atoms with E-state index in [4.69, 9.17) is 5.73 Å². The number of benzene rings is 1. The third-order valence-electron chi connectivity index (χ3n) is 4.16. The highest BCUT2D eigenvalue weighted by atomic mass is 15.2. The maximum absolute atomic E-state index is 6.06. The molecule has 2 N–H and O–H groups in total. The highest BCUT2D eigenvalue weighted by molar-refractivity contribution is 5.50. The zero-order valence-corrected chi connectivity index (χ0v) is 11.9. The number of anilines is 1. The van der Waals surface area contributed by atoms with E-state index >= 15 is 0 Å². The van der Waals surface area contributed by atoms with E-state index in [1.807, 2.05) is 0 Å². The molecule has 0 spiro atoms. The van der Waals surface area contributed by atoms with Gasteiger partial charge >= 0.3 is 0 Å². The van der Waals surface area contributed by atoms with Gasteiger partial charge < -0.3 is 10.6 Å². The highest BCUT2D eigenvalue weighted by Gasteiger charge is 2.27. The minimum Gasteiger partial charge on any atom is -0.368 e. The van der Waals surface area contributed by atoms with Crippen LogP contribution in [-0.2, 0) is 0 Å². The molecular weight excluding hydrogens is 220 g/mol. The van der Waals surface area contributed by atoms with E-state index in [1.54, 1.807) is 0 Å². The lowest BCUT2D eigenvalue weighted by atomic mass is 10.0. The number of rotatable bonds is 4. The first kappa shape index (κ1) is 13.4. The van der Waals surface area contributed by atoms with E-state index in [9.17, 15) is 0 Å². The quantitative estimate of drug-likeness (QED) is 0.877. The molecule has 1 aliphatic rings. The fourth-order valence-corrected chi connectivity index (χ4v) is 2.95. The molecule has 2 rings (SSSR count). The smallest absolute Gasteiger partial charge is 0.0369 e. The number of nitrogens with two attached hydrogens (primary N) is 1. The van der Waals surface area contributed by atoms with E-state index in [-0.39, 0.29) is 6.04 Å². The summed E-state index contributed by atoms with van der Waals surface area (Å²) >= 11 is 0. The van der Waals surface area contributed by atoms with Crippen molar-refractivity contribution in [2.24, 2.45) is 11.7 Å². The van der Waals surface area contributed by atoms with Gasteiger partial charge in [0.2, 0.25) is 0 Å². The molecule has 2 nitrogen and oxygen atoms in total. The summed E-state index contributed by atoms with van der Waals surface area (Å²) in [6.45, 7) is 7.98. The molecule has 18 heavy (non-hydrogen) atoms. The van der Waals surface area contributed by atoms with Crippen molar-refractivity contribution in [2.45, 2.75) is 52.1 Å². The van der Waals surface area contributed by atoms with Gasteiger partial charge in [-0.15, -0.1) is 0 Å². The second-order valence-electron chi connectivity index (χ2n) is 5.75. The van der Waals surface area contributed by atoms with Crippen molar-refractivity contribution in [2.75, 3.05) is 11.4 Å². The lowest BCUT2D eigenvalue weighted by molar-refractivity contribution is 0.492. The largest absolute Gasteiger partial charge is 0.368 e. The predicted octanol–water partition coefficient (Wildman–Crippen LogP) is 3.72. The molecule has 0 aliphatic carbocycles. The van der Waals surface area contributed by atoms with Gasteiger partial charge in [0.1, 0.15) is 0 Å². The van der Waals surface area contributed by atoms with Gasteiger partial charge in [-0.05, 0) is 42.9 Å². The van der Waals surface area contributed by atoms with E-state index in [0.717, 1.165) is 12.3 Å². The molecule has 0 aromatic heterocycles. The summed E-state index contributed by atoms with van der Waals surface area (Å²) in [6.07, 6.45) is 3.64. The third kappa shape index (κ3) is 2.69. The molecule has 1 fully saturated rings. The maximum atomic E-state index is 6.06. The minimum absolute atomic E-state index is 0.179. The normalized spacial score (nSPS) is 21.6. The molecule has 0 saturated carbocycles. The molecule has 2 heteroatoms. The molecule has 100 valence electrons. The molecular formula is C16H26N2. The van der Waals surface area contributed by atoms with Crippen LogP contribution in [0, 0.1) is 5.92 Å². The first-order valence-corrected chi connectivity index (χ1v) is 7.25. The number of hydrogen-bond donors (Lipinski definition) is 1. The fourth-order valence-electron chi connectivity index (χ4n) is 2.95. The summed E-state index contributed by atoms with van der Waals surface area (Å²) in [4.78, 5) is 2.56. The zero-order chi connectivity index (χ0) is 13.1. The van der Waals surface area contributed by atoms with E-state index in [1.165, 1.54) is 30.6 Å². The van der Waals surface area contributed by atoms with Gasteiger partial charge in [0, 0.05) is 24.3 Å². The van der Waals surface area contributed by atoms with Crippen molar-refractivity contribution in [3.63, 3.8) is 0 Å². The standard InChI is InChI=1S/C16H26N2/c1-4-15(17)13-7-9-14(10-8-13)18-11-5-6-16(18)12(2)3/h7-10,12,15-16H,4-6,11,17H2,1-3H3/t15-,16?/m0/s1. The molecule has 2 atom stereocenters. The van der Waals surface area contributed by atoms with Crippen LogP contribution in [0.2, 0.25) is 0 Å². The van der Waals surface area contributed by atoms with Crippen LogP contribution in [-0.4, -0.2) is 12.6 Å². The van der Waals surface area contributed by atoms with Crippen LogP contribution in [0.25, 0.3) is 0 Å². The van der Waals surface area contributed by atoms with Gasteiger partial charge in [-0.3, -0.25) is 0 Å². The molecule has 1 aliphatic heterocycles. The van der Waals surface area contributed by atoms with Crippen molar-refractivity contribution >= 4 is 5.69 Å². The minimum atomic E-state index is 0.179. The predicted molar refractivity (Wildman–Crippen MR) is 78.9 cm³/mol. The van der Waals surface area contributed by atoms with Gasteiger partial charge in [-0.2, -0.15) is 0 Å². The summed E-state index contributed by atoms with van der Waals surface area (Å²) in [7, 11) is 0. The first-order chi connectivity index (χ1) is 8.63. The van der Waals surface area contributed by atoms with E-state index < -0.39 is 0 Å². The SMILES string of the molecule is CC[C@H](N)c1ccc(N2CCCC2C(C)C)cc1. The fraction of sp³-hybridized carbons (Fsp3) is 0.625. The maximum Gasteiger partial charge on any atom is 0.0369 e. The zero-order valence-electron chi connectivity index (χ0n) is 11.9. The molecule has 0 radical (unpaired) electrons. The average molecular weight is 246 g/mol. The second-order valence-corrected chi connectivity index (χ2v) is 5.75. The van der Waals surface area contributed by atoms with Crippen molar-refractivity contribution in [3.05, 3.63) is 29.8 Å². The number of nitrogens with zero attached hydrogens (tertiary/aromatic N) is 1. The summed E-state index contributed by atoms with van der Waals surface area (Å²) in [5.74, 6) is 0.727. The van der Waals surface area contributed by atoms with Gasteiger partial charge in [0.05, 0.1) is 0 Å². The van der Waals surface area contributed by atoms with Gasteiger partial charge in [0.15, 0.2) is 0 Å². The van der Waals surface area contributed by atoms with Crippen LogP contribution < -0.4 is 10.6 Å². The van der Waals surface area contributed by atoms with Crippen molar-refractivity contribution in [3.8, 4) is 0 Å². The lowest BCUT2D eigenvalue weighted by Crippen LogP contribution is -2.33. The van der Waals surface area contributed by atoms with Crippen LogP contribution in [0.4, 0.5) is 5.69 Å². The highest BCUT2D eigenvalue weighted by Crippen LogP contribution is 2.30. The Balaban J connectivity index is 2.14. The topological polar surface area (TPSA) is 29.3 Å². The first-order valence-electron chi connectivity index (χ1n) is 7.25. The average Bonchev–Trinajstić information content (AvgIpc) is 2.87. The Morgan fingerprint density at radius 2 is 1.94 bits per heavy atom. The Labute approximate surface area is 111 Å². The van der Waals surface area contributed by atoms with E-state index in [0.29, 0.717) is 6.04 Å². The van der Waals surface area contributed by atoms with Crippen LogP contribution in [0.3, 0.4) is 0 Å². The molecule has 1 aromatic rings.